The predicted molar refractivity (Wildman–Crippen MR) is 66.9 cm³/mol. The van der Waals surface area contributed by atoms with E-state index in [2.05, 4.69) is 21.5 Å². The fourth-order valence-corrected chi connectivity index (χ4v) is 2.42. The average Bonchev–Trinajstić information content (AvgIpc) is 2.77. The fourth-order valence-electron chi connectivity index (χ4n) is 1.71. The first-order valence-corrected chi connectivity index (χ1v) is 6.40. The lowest BCUT2D eigenvalue weighted by molar-refractivity contribution is 0.222. The smallest absolute Gasteiger partial charge is 0.118 e. The average molecular weight is 249 g/mol. The molecule has 0 bridgehead atoms. The molecular weight excluding hydrogens is 234 g/mol. The van der Waals surface area contributed by atoms with E-state index in [4.69, 9.17) is 0 Å². The summed E-state index contributed by atoms with van der Waals surface area (Å²) in [6.45, 7) is 4.05. The molecule has 0 aromatic carbocycles. The number of rotatable bonds is 4. The highest BCUT2D eigenvalue weighted by Gasteiger charge is 2.18. The van der Waals surface area contributed by atoms with Crippen molar-refractivity contribution >= 4 is 11.5 Å². The van der Waals surface area contributed by atoms with Crippen molar-refractivity contribution in [2.45, 2.75) is 32.8 Å². The van der Waals surface area contributed by atoms with Gasteiger partial charge in [-0.3, -0.25) is 4.98 Å². The molecule has 0 aliphatic carbocycles. The van der Waals surface area contributed by atoms with Crippen molar-refractivity contribution in [1.82, 2.24) is 14.6 Å². The minimum Gasteiger partial charge on any atom is -0.383 e. The Hall–Kier alpha value is -1.33. The van der Waals surface area contributed by atoms with Gasteiger partial charge in [-0.05, 0) is 30.4 Å². The summed E-state index contributed by atoms with van der Waals surface area (Å²) in [6, 6.07) is 1.94. The van der Waals surface area contributed by atoms with Crippen molar-refractivity contribution in [1.29, 1.82) is 0 Å². The lowest BCUT2D eigenvalue weighted by atomic mass is 10.1. The summed E-state index contributed by atoms with van der Waals surface area (Å²) in [5.74, 6) is 0. The van der Waals surface area contributed by atoms with Gasteiger partial charge >= 0.3 is 0 Å². The third-order valence-electron chi connectivity index (χ3n) is 2.53. The van der Waals surface area contributed by atoms with Gasteiger partial charge in [0.25, 0.3) is 0 Å². The van der Waals surface area contributed by atoms with Gasteiger partial charge < -0.3 is 5.11 Å². The zero-order valence-corrected chi connectivity index (χ0v) is 10.7. The summed E-state index contributed by atoms with van der Waals surface area (Å²) >= 11 is 1.26. The molecule has 0 aliphatic heterocycles. The highest BCUT2D eigenvalue weighted by molar-refractivity contribution is 7.05. The summed E-state index contributed by atoms with van der Waals surface area (Å²) in [4.78, 5) is 4.93. The van der Waals surface area contributed by atoms with Crippen LogP contribution in [-0.2, 0) is 6.42 Å². The Labute approximate surface area is 105 Å². The summed E-state index contributed by atoms with van der Waals surface area (Å²) in [5, 5.41) is 14.4. The first-order valence-electron chi connectivity index (χ1n) is 5.63. The Morgan fingerprint density at radius 3 is 2.94 bits per heavy atom. The minimum atomic E-state index is -0.663. The van der Waals surface area contributed by atoms with Crippen LogP contribution < -0.4 is 0 Å². The normalized spacial score (nSPS) is 12.6. The maximum absolute atomic E-state index is 10.3. The standard InChI is InChI=1S/C12H15N3OS/c1-3-4-10-12(17-15-14-10)11(16)9-5-8(2)6-13-7-9/h5-7,11,16H,3-4H2,1-2H3. The molecule has 0 aliphatic rings. The quantitative estimate of drug-likeness (QED) is 0.903. The van der Waals surface area contributed by atoms with Crippen LogP contribution in [0.5, 0.6) is 0 Å². The molecule has 17 heavy (non-hydrogen) atoms. The zero-order chi connectivity index (χ0) is 12.3. The summed E-state index contributed by atoms with van der Waals surface area (Å²) in [6.07, 6.45) is 4.64. The number of aryl methyl sites for hydroxylation is 2. The second kappa shape index (κ2) is 5.33. The highest BCUT2D eigenvalue weighted by Crippen LogP contribution is 2.27. The molecule has 2 rings (SSSR count). The van der Waals surface area contributed by atoms with Crippen LogP contribution >= 0.6 is 11.5 Å². The molecule has 0 spiro atoms. The lowest BCUT2D eigenvalue weighted by Gasteiger charge is -2.09. The molecule has 90 valence electrons. The zero-order valence-electron chi connectivity index (χ0n) is 9.92. The molecule has 0 fully saturated rings. The third-order valence-corrected chi connectivity index (χ3v) is 3.35. The van der Waals surface area contributed by atoms with Gasteiger partial charge in [-0.2, -0.15) is 0 Å². The van der Waals surface area contributed by atoms with Crippen LogP contribution in [0.15, 0.2) is 18.5 Å². The highest BCUT2D eigenvalue weighted by atomic mass is 32.1. The summed E-state index contributed by atoms with van der Waals surface area (Å²) in [7, 11) is 0. The molecule has 0 saturated carbocycles. The number of aliphatic hydroxyl groups is 1. The van der Waals surface area contributed by atoms with E-state index in [1.165, 1.54) is 11.5 Å². The van der Waals surface area contributed by atoms with E-state index in [1.54, 1.807) is 12.4 Å². The Morgan fingerprint density at radius 1 is 1.41 bits per heavy atom. The topological polar surface area (TPSA) is 58.9 Å². The van der Waals surface area contributed by atoms with E-state index in [-0.39, 0.29) is 0 Å². The van der Waals surface area contributed by atoms with Gasteiger partial charge in [-0.25, -0.2) is 0 Å². The van der Waals surface area contributed by atoms with Crippen molar-refractivity contribution in [3.63, 3.8) is 0 Å². The first-order chi connectivity index (χ1) is 8.22. The van der Waals surface area contributed by atoms with Gasteiger partial charge in [0.05, 0.1) is 10.6 Å². The molecule has 2 aromatic rings. The van der Waals surface area contributed by atoms with Crippen LogP contribution in [0.2, 0.25) is 0 Å². The Balaban J connectivity index is 2.30. The SMILES string of the molecule is CCCc1nnsc1C(O)c1cncc(C)c1. The van der Waals surface area contributed by atoms with Crippen molar-refractivity contribution in [3.8, 4) is 0 Å². The van der Waals surface area contributed by atoms with E-state index in [0.717, 1.165) is 34.5 Å². The molecule has 0 amide bonds. The maximum Gasteiger partial charge on any atom is 0.118 e. The number of hydrogen-bond donors (Lipinski definition) is 1. The van der Waals surface area contributed by atoms with E-state index in [9.17, 15) is 5.11 Å². The van der Waals surface area contributed by atoms with Crippen molar-refractivity contribution in [2.24, 2.45) is 0 Å². The molecule has 5 heteroatoms. The second-order valence-electron chi connectivity index (χ2n) is 4.03. The Bertz CT molecular complexity index is 498. The maximum atomic E-state index is 10.3. The molecule has 1 unspecified atom stereocenters. The van der Waals surface area contributed by atoms with Gasteiger partial charge in [-0.1, -0.05) is 23.9 Å². The second-order valence-corrected chi connectivity index (χ2v) is 4.82. The van der Waals surface area contributed by atoms with Gasteiger partial charge in [0, 0.05) is 18.0 Å². The van der Waals surface area contributed by atoms with Gasteiger partial charge in [0.1, 0.15) is 6.10 Å². The van der Waals surface area contributed by atoms with E-state index in [1.807, 2.05) is 13.0 Å². The number of aromatic nitrogens is 3. The molecule has 2 aromatic heterocycles. The van der Waals surface area contributed by atoms with Crippen molar-refractivity contribution < 1.29 is 5.11 Å². The summed E-state index contributed by atoms with van der Waals surface area (Å²) in [5.41, 5.74) is 2.73. The predicted octanol–water partition coefficient (Wildman–Crippen LogP) is 2.28. The molecule has 4 nitrogen and oxygen atoms in total. The molecule has 0 saturated heterocycles. The van der Waals surface area contributed by atoms with Crippen LogP contribution in [0.3, 0.4) is 0 Å². The Kier molecular flexibility index (Phi) is 3.81. The van der Waals surface area contributed by atoms with Gasteiger partial charge in [-0.15, -0.1) is 5.10 Å². The fraction of sp³-hybridized carbons (Fsp3) is 0.417. The molecule has 2 heterocycles. The summed E-state index contributed by atoms with van der Waals surface area (Å²) < 4.78 is 3.92. The molecule has 1 atom stereocenters. The van der Waals surface area contributed by atoms with Crippen molar-refractivity contribution in [3.05, 3.63) is 40.2 Å². The van der Waals surface area contributed by atoms with E-state index < -0.39 is 6.10 Å². The largest absolute Gasteiger partial charge is 0.383 e. The van der Waals surface area contributed by atoms with Crippen LogP contribution in [0.4, 0.5) is 0 Å². The number of nitrogens with zero attached hydrogens (tertiary/aromatic N) is 3. The van der Waals surface area contributed by atoms with Crippen LogP contribution in [-0.4, -0.2) is 19.7 Å². The third kappa shape index (κ3) is 2.68. The lowest BCUT2D eigenvalue weighted by Crippen LogP contribution is -2.02. The van der Waals surface area contributed by atoms with Crippen LogP contribution in [0.25, 0.3) is 0 Å². The minimum absolute atomic E-state index is 0.663. The van der Waals surface area contributed by atoms with Crippen LogP contribution in [0, 0.1) is 6.92 Å². The number of aliphatic hydroxyl groups excluding tert-OH is 1. The molecule has 1 N–H and O–H groups in total. The van der Waals surface area contributed by atoms with E-state index in [0.29, 0.717) is 0 Å². The van der Waals surface area contributed by atoms with Crippen molar-refractivity contribution in [2.75, 3.05) is 0 Å². The van der Waals surface area contributed by atoms with E-state index >= 15 is 0 Å². The molecule has 0 radical (unpaired) electrons. The van der Waals surface area contributed by atoms with Gasteiger partial charge in [0.15, 0.2) is 0 Å². The first kappa shape index (κ1) is 12.1. The number of hydrogen-bond acceptors (Lipinski definition) is 5. The van der Waals surface area contributed by atoms with Gasteiger partial charge in [0.2, 0.25) is 0 Å². The monoisotopic (exact) mass is 249 g/mol. The molecular formula is C12H15N3OS. The number of pyridine rings is 1. The Morgan fingerprint density at radius 2 is 2.24 bits per heavy atom. The van der Waals surface area contributed by atoms with Crippen LogP contribution in [0.1, 0.15) is 41.1 Å².